The van der Waals surface area contributed by atoms with Crippen molar-refractivity contribution >= 4 is 11.8 Å². The quantitative estimate of drug-likeness (QED) is 0.280. The maximum Gasteiger partial charge on any atom is 0.243 e. The normalized spacial score (nSPS) is 13.2. The molecule has 3 N–H and O–H groups in total. The Morgan fingerprint density at radius 2 is 1.66 bits per heavy atom. The van der Waals surface area contributed by atoms with Gasteiger partial charge < -0.3 is 20.5 Å². The Hall–Kier alpha value is -3.87. The summed E-state index contributed by atoms with van der Waals surface area (Å²) in [7, 11) is 0. The first kappa shape index (κ1) is 28.7. The van der Waals surface area contributed by atoms with Crippen molar-refractivity contribution in [1.29, 1.82) is 0 Å². The Labute approximate surface area is 225 Å². The molecule has 3 atom stereocenters. The molecule has 2 aromatic carbocycles. The lowest BCUT2D eigenvalue weighted by molar-refractivity contribution is -0.130. The van der Waals surface area contributed by atoms with Gasteiger partial charge in [0.15, 0.2) is 11.5 Å². The highest BCUT2D eigenvalue weighted by molar-refractivity contribution is 5.88. The molecule has 0 fully saturated rings. The number of carbonyl (C=O) groups excluding carboxylic acids is 2. The van der Waals surface area contributed by atoms with Gasteiger partial charge in [0, 0.05) is 18.4 Å². The van der Waals surface area contributed by atoms with Crippen LogP contribution in [0.1, 0.15) is 56.7 Å². The van der Waals surface area contributed by atoms with Gasteiger partial charge in [-0.1, -0.05) is 69.7 Å². The fourth-order valence-corrected chi connectivity index (χ4v) is 4.23. The fourth-order valence-electron chi connectivity index (χ4n) is 4.23. The summed E-state index contributed by atoms with van der Waals surface area (Å²) < 4.78 is 5.85. The van der Waals surface area contributed by atoms with Crippen LogP contribution in [0.25, 0.3) is 0 Å². The maximum atomic E-state index is 13.2. The third kappa shape index (κ3) is 8.61. The van der Waals surface area contributed by atoms with E-state index in [-0.39, 0.29) is 35.9 Å². The second-order valence-electron chi connectivity index (χ2n) is 9.65. The van der Waals surface area contributed by atoms with Crippen molar-refractivity contribution in [3.8, 4) is 11.5 Å². The number of para-hydroxylation sites is 1. The number of amides is 2. The molecular formula is C31H39N3O4. The lowest BCUT2D eigenvalue weighted by atomic mass is 9.96. The summed E-state index contributed by atoms with van der Waals surface area (Å²) in [5.41, 5.74) is 2.64. The van der Waals surface area contributed by atoms with E-state index in [0.717, 1.165) is 29.5 Å². The molecule has 0 aliphatic rings. The van der Waals surface area contributed by atoms with E-state index in [4.69, 9.17) is 4.74 Å². The second-order valence-corrected chi connectivity index (χ2v) is 9.65. The molecule has 1 aromatic heterocycles. The van der Waals surface area contributed by atoms with Crippen molar-refractivity contribution in [2.24, 2.45) is 5.92 Å². The predicted molar refractivity (Wildman–Crippen MR) is 149 cm³/mol. The average molecular weight is 518 g/mol. The maximum absolute atomic E-state index is 13.2. The minimum atomic E-state index is -0.619. The van der Waals surface area contributed by atoms with Crippen molar-refractivity contribution in [1.82, 2.24) is 15.6 Å². The Bertz CT molecular complexity index is 1150. The second kappa shape index (κ2) is 14.8. The number of phenolic OH excluding ortho intramolecular Hbond substituents is 1. The number of rotatable bonds is 14. The summed E-state index contributed by atoms with van der Waals surface area (Å²) in [6.45, 7) is 6.36. The molecule has 0 aliphatic heterocycles. The monoisotopic (exact) mass is 517 g/mol. The fraction of sp³-hybridized carbons (Fsp3) is 0.387. The highest BCUT2D eigenvalue weighted by atomic mass is 16.5. The number of nitrogens with one attached hydrogen (secondary N) is 2. The summed E-state index contributed by atoms with van der Waals surface area (Å²) in [5.74, 6) is 0.180. The first-order valence-electron chi connectivity index (χ1n) is 13.4. The summed E-state index contributed by atoms with van der Waals surface area (Å²) >= 11 is 0. The SMILES string of the molecule is CCC(CCc1cccc(OCc2ccccc2)c1O)NC(=O)[C@@H](NC(=O)Cc1ccncc1)C(C)CC. The number of hydrogen-bond donors (Lipinski definition) is 3. The molecule has 0 spiro atoms. The molecule has 7 heteroatoms. The molecule has 0 aliphatic carbocycles. The van der Waals surface area contributed by atoms with Gasteiger partial charge in [-0.2, -0.15) is 0 Å². The predicted octanol–water partition coefficient (Wildman–Crippen LogP) is 4.97. The zero-order chi connectivity index (χ0) is 27.3. The van der Waals surface area contributed by atoms with Crippen LogP contribution in [0.4, 0.5) is 0 Å². The largest absolute Gasteiger partial charge is 0.504 e. The van der Waals surface area contributed by atoms with Gasteiger partial charge in [-0.25, -0.2) is 0 Å². The first-order chi connectivity index (χ1) is 18.4. The van der Waals surface area contributed by atoms with Crippen molar-refractivity contribution < 1.29 is 19.4 Å². The van der Waals surface area contributed by atoms with E-state index in [1.807, 2.05) is 63.2 Å². The molecule has 2 unspecified atom stereocenters. The molecule has 202 valence electrons. The number of aromatic hydroxyl groups is 1. The molecule has 7 nitrogen and oxygen atoms in total. The lowest BCUT2D eigenvalue weighted by Crippen LogP contribution is -2.52. The Morgan fingerprint density at radius 1 is 0.921 bits per heavy atom. The van der Waals surface area contributed by atoms with Crippen LogP contribution in [-0.4, -0.2) is 34.0 Å². The number of hydrogen-bond acceptors (Lipinski definition) is 5. The standard InChI is InChI=1S/C31H39N3O4/c1-4-22(3)29(34-28(35)20-23-16-18-32-19-17-23)31(37)33-26(5-2)15-14-25-12-9-13-27(30(25)36)38-21-24-10-7-6-8-11-24/h6-13,16-19,22,26,29,36H,4-5,14-15,20-21H2,1-3H3,(H,33,37)(H,34,35)/t22?,26?,29-/m0/s1. The number of phenols is 1. The molecule has 38 heavy (non-hydrogen) atoms. The summed E-state index contributed by atoms with van der Waals surface area (Å²) in [6.07, 6.45) is 6.21. The van der Waals surface area contributed by atoms with Gasteiger partial charge >= 0.3 is 0 Å². The van der Waals surface area contributed by atoms with E-state index in [2.05, 4.69) is 15.6 Å². The van der Waals surface area contributed by atoms with Crippen molar-refractivity contribution in [3.63, 3.8) is 0 Å². The number of ether oxygens (including phenoxy) is 1. The van der Waals surface area contributed by atoms with Crippen LogP contribution in [0.15, 0.2) is 73.1 Å². The van der Waals surface area contributed by atoms with Gasteiger partial charge in [-0.3, -0.25) is 14.6 Å². The summed E-state index contributed by atoms with van der Waals surface area (Å²) in [6, 6.07) is 18.2. The van der Waals surface area contributed by atoms with Crippen LogP contribution in [0, 0.1) is 5.92 Å². The first-order valence-corrected chi connectivity index (χ1v) is 13.4. The Morgan fingerprint density at radius 3 is 2.34 bits per heavy atom. The molecule has 3 rings (SSSR count). The average Bonchev–Trinajstić information content (AvgIpc) is 2.94. The van der Waals surface area contributed by atoms with Gasteiger partial charge in [0.25, 0.3) is 0 Å². The molecule has 0 radical (unpaired) electrons. The van der Waals surface area contributed by atoms with Gasteiger partial charge in [0.05, 0.1) is 6.42 Å². The molecule has 3 aromatic rings. The third-order valence-electron chi connectivity index (χ3n) is 6.85. The van der Waals surface area contributed by atoms with Gasteiger partial charge in [-0.15, -0.1) is 0 Å². The molecule has 0 bridgehead atoms. The van der Waals surface area contributed by atoms with Crippen LogP contribution < -0.4 is 15.4 Å². The van der Waals surface area contributed by atoms with E-state index < -0.39 is 6.04 Å². The van der Waals surface area contributed by atoms with Crippen LogP contribution in [0.3, 0.4) is 0 Å². The minimum Gasteiger partial charge on any atom is -0.504 e. The van der Waals surface area contributed by atoms with Crippen molar-refractivity contribution in [2.45, 2.75) is 71.6 Å². The lowest BCUT2D eigenvalue weighted by Gasteiger charge is -2.26. The van der Waals surface area contributed by atoms with Gasteiger partial charge in [0.1, 0.15) is 12.6 Å². The highest BCUT2D eigenvalue weighted by Crippen LogP contribution is 2.31. The highest BCUT2D eigenvalue weighted by Gasteiger charge is 2.27. The molecule has 0 saturated carbocycles. The number of nitrogens with zero attached hydrogens (tertiary/aromatic N) is 1. The van der Waals surface area contributed by atoms with Crippen LogP contribution >= 0.6 is 0 Å². The van der Waals surface area contributed by atoms with Gasteiger partial charge in [0.2, 0.25) is 11.8 Å². The summed E-state index contributed by atoms with van der Waals surface area (Å²) in [4.78, 5) is 29.9. The third-order valence-corrected chi connectivity index (χ3v) is 6.85. The van der Waals surface area contributed by atoms with E-state index in [0.29, 0.717) is 25.2 Å². The smallest absolute Gasteiger partial charge is 0.243 e. The number of benzene rings is 2. The number of pyridine rings is 1. The molecular weight excluding hydrogens is 478 g/mol. The van der Waals surface area contributed by atoms with E-state index in [9.17, 15) is 14.7 Å². The van der Waals surface area contributed by atoms with E-state index >= 15 is 0 Å². The zero-order valence-corrected chi connectivity index (χ0v) is 22.5. The van der Waals surface area contributed by atoms with Crippen LogP contribution in [0.5, 0.6) is 11.5 Å². The van der Waals surface area contributed by atoms with E-state index in [1.54, 1.807) is 30.6 Å². The van der Waals surface area contributed by atoms with Crippen molar-refractivity contribution in [3.05, 3.63) is 89.7 Å². The number of aromatic nitrogens is 1. The molecule has 2 amide bonds. The topological polar surface area (TPSA) is 101 Å². The van der Waals surface area contributed by atoms with Crippen LogP contribution in [-0.2, 0) is 29.0 Å². The Kier molecular flexibility index (Phi) is 11.1. The summed E-state index contributed by atoms with van der Waals surface area (Å²) in [5, 5.41) is 16.8. The van der Waals surface area contributed by atoms with E-state index in [1.165, 1.54) is 0 Å². The van der Waals surface area contributed by atoms with Crippen molar-refractivity contribution in [2.75, 3.05) is 0 Å². The Balaban J connectivity index is 1.58. The van der Waals surface area contributed by atoms with Gasteiger partial charge in [-0.05, 0) is 60.1 Å². The zero-order valence-electron chi connectivity index (χ0n) is 22.5. The molecule has 1 heterocycles. The minimum absolute atomic E-state index is 0.0172. The molecule has 0 saturated heterocycles. The number of carbonyl (C=O) groups is 2. The number of aryl methyl sites for hydroxylation is 1. The van der Waals surface area contributed by atoms with Crippen LogP contribution in [0.2, 0.25) is 0 Å².